The maximum absolute atomic E-state index is 5.35. The quantitative estimate of drug-likeness (QED) is 0.188. The summed E-state index contributed by atoms with van der Waals surface area (Å²) in [5.74, 6) is 2.08. The first kappa shape index (κ1) is 30.4. The molecule has 4 nitrogen and oxygen atoms in total. The first-order chi connectivity index (χ1) is 23.5. The van der Waals surface area contributed by atoms with Crippen molar-refractivity contribution in [2.45, 2.75) is 70.6 Å². The van der Waals surface area contributed by atoms with Gasteiger partial charge in [0.05, 0.1) is 11.1 Å². The van der Waals surface area contributed by atoms with Crippen LogP contribution in [0.15, 0.2) is 102 Å². The fourth-order valence-electron chi connectivity index (χ4n) is 8.86. The Labute approximate surface area is 291 Å². The Morgan fingerprint density at radius 2 is 1.18 bits per heavy atom. The molecule has 0 atom stereocenters. The van der Waals surface area contributed by atoms with Crippen LogP contribution < -0.4 is 4.90 Å². The number of anilines is 1. The van der Waals surface area contributed by atoms with Gasteiger partial charge in [-0.15, -0.1) is 0 Å². The zero-order valence-electron chi connectivity index (χ0n) is 29.8. The van der Waals surface area contributed by atoms with Gasteiger partial charge in [0.25, 0.3) is 0 Å². The largest absolute Gasteiger partial charge is 0.342 e. The van der Waals surface area contributed by atoms with E-state index in [-0.39, 0.29) is 10.8 Å². The average molecular weight is 643 g/mol. The smallest absolute Gasteiger partial charge is 0.202 e. The van der Waals surface area contributed by atoms with Gasteiger partial charge in [0.1, 0.15) is 5.82 Å². The molecule has 0 bridgehead atoms. The lowest BCUT2D eigenvalue weighted by Crippen LogP contribution is -2.52. The van der Waals surface area contributed by atoms with Gasteiger partial charge in [0.15, 0.2) is 0 Å². The second-order valence-electron chi connectivity index (χ2n) is 16.5. The summed E-state index contributed by atoms with van der Waals surface area (Å²) in [7, 11) is 0. The number of hydrogen-bond acceptors (Lipinski definition) is 4. The van der Waals surface area contributed by atoms with E-state index in [0.717, 1.165) is 62.1 Å². The second kappa shape index (κ2) is 10.6. The maximum atomic E-state index is 5.35. The van der Waals surface area contributed by atoms with Gasteiger partial charge in [0.2, 0.25) is 5.96 Å². The van der Waals surface area contributed by atoms with Crippen LogP contribution in [0.4, 0.5) is 5.82 Å². The minimum absolute atomic E-state index is 0.0292. The Morgan fingerprint density at radius 1 is 0.571 bits per heavy atom. The standard InChI is InChI=1S/C45H46N4/c1-43(2,3)30-17-20-34-35-21-18-31(44(4,5)6)28-39(35)45(38(34)27-30)36-13-8-7-12-32(36)33-19-16-29(26-37(33)45)40-14-9-15-41(47-40)49-25-11-24-48-23-10-22-46-42(48)49/h7-9,12-21,26-28H,10-11,22-25H2,1-6H3. The van der Waals surface area contributed by atoms with Crippen molar-refractivity contribution in [3.05, 3.63) is 130 Å². The molecule has 2 aliphatic heterocycles. The predicted octanol–water partition coefficient (Wildman–Crippen LogP) is 9.96. The molecule has 1 spiro atoms. The highest BCUT2D eigenvalue weighted by atomic mass is 15.4. The summed E-state index contributed by atoms with van der Waals surface area (Å²) < 4.78 is 0. The van der Waals surface area contributed by atoms with Crippen LogP contribution in [0.5, 0.6) is 0 Å². The molecule has 1 fully saturated rings. The molecule has 4 aliphatic rings. The van der Waals surface area contributed by atoms with Crippen LogP contribution in [0.2, 0.25) is 0 Å². The van der Waals surface area contributed by atoms with Crippen molar-refractivity contribution in [2.24, 2.45) is 4.99 Å². The van der Waals surface area contributed by atoms with E-state index in [2.05, 4.69) is 148 Å². The van der Waals surface area contributed by atoms with E-state index in [1.807, 2.05) is 0 Å². The van der Waals surface area contributed by atoms with Crippen LogP contribution in [-0.4, -0.2) is 42.0 Å². The number of benzene rings is 4. The van der Waals surface area contributed by atoms with Gasteiger partial charge in [-0.2, -0.15) is 0 Å². The summed E-state index contributed by atoms with van der Waals surface area (Å²) in [5, 5.41) is 0. The third-order valence-corrected chi connectivity index (χ3v) is 11.4. The molecule has 0 amide bonds. The summed E-state index contributed by atoms with van der Waals surface area (Å²) in [6, 6.07) is 37.3. The fraction of sp³-hybridized carbons (Fsp3) is 0.333. The van der Waals surface area contributed by atoms with Crippen molar-refractivity contribution in [2.75, 3.05) is 31.1 Å². The van der Waals surface area contributed by atoms with Crippen molar-refractivity contribution in [1.82, 2.24) is 9.88 Å². The normalized spacial score (nSPS) is 17.3. The molecule has 0 radical (unpaired) electrons. The van der Waals surface area contributed by atoms with Gasteiger partial charge in [0, 0.05) is 31.7 Å². The highest BCUT2D eigenvalue weighted by Gasteiger charge is 2.52. The topological polar surface area (TPSA) is 31.7 Å². The number of pyridine rings is 1. The van der Waals surface area contributed by atoms with Gasteiger partial charge in [-0.3, -0.25) is 9.89 Å². The number of fused-ring (bicyclic) bond motifs is 11. The molecule has 0 unspecified atom stereocenters. The molecule has 1 aromatic heterocycles. The summed E-state index contributed by atoms with van der Waals surface area (Å²) in [5.41, 5.74) is 15.4. The van der Waals surface area contributed by atoms with Gasteiger partial charge in [-0.05, 0) is 97.5 Å². The monoisotopic (exact) mass is 642 g/mol. The molecule has 9 rings (SSSR count). The van der Waals surface area contributed by atoms with Crippen LogP contribution in [0.3, 0.4) is 0 Å². The average Bonchev–Trinajstić information content (AvgIpc) is 3.57. The number of hydrogen-bond donors (Lipinski definition) is 0. The predicted molar refractivity (Wildman–Crippen MR) is 204 cm³/mol. The van der Waals surface area contributed by atoms with E-state index in [1.54, 1.807) is 0 Å². The van der Waals surface area contributed by atoms with Crippen LogP contribution in [-0.2, 0) is 16.2 Å². The first-order valence-electron chi connectivity index (χ1n) is 18.1. The van der Waals surface area contributed by atoms with Crippen LogP contribution in [0.25, 0.3) is 33.5 Å². The van der Waals surface area contributed by atoms with Gasteiger partial charge >= 0.3 is 0 Å². The minimum Gasteiger partial charge on any atom is -0.342 e. The molecule has 0 saturated carbocycles. The molecule has 4 heteroatoms. The van der Waals surface area contributed by atoms with E-state index in [9.17, 15) is 0 Å². The van der Waals surface area contributed by atoms with E-state index >= 15 is 0 Å². The summed E-state index contributed by atoms with van der Waals surface area (Å²) in [4.78, 5) is 15.1. The lowest BCUT2D eigenvalue weighted by molar-refractivity contribution is 0.359. The molecule has 0 N–H and O–H groups in total. The van der Waals surface area contributed by atoms with Gasteiger partial charge < -0.3 is 4.90 Å². The number of guanidine groups is 1. The lowest BCUT2D eigenvalue weighted by atomic mass is 9.68. The Bertz CT molecular complexity index is 2110. The second-order valence-corrected chi connectivity index (χ2v) is 16.5. The molecule has 4 aromatic carbocycles. The highest BCUT2D eigenvalue weighted by Crippen LogP contribution is 2.63. The molecular formula is C45H46N4. The molecular weight excluding hydrogens is 597 g/mol. The maximum Gasteiger partial charge on any atom is 0.202 e. The number of aromatic nitrogens is 1. The van der Waals surface area contributed by atoms with E-state index in [4.69, 9.17) is 9.98 Å². The first-order valence-corrected chi connectivity index (χ1v) is 18.1. The third-order valence-electron chi connectivity index (χ3n) is 11.4. The van der Waals surface area contributed by atoms with Crippen LogP contribution in [0, 0.1) is 0 Å². The van der Waals surface area contributed by atoms with Crippen LogP contribution in [0.1, 0.15) is 87.8 Å². The Balaban J connectivity index is 1.28. The lowest BCUT2D eigenvalue weighted by Gasteiger charge is -2.40. The third kappa shape index (κ3) is 4.49. The highest BCUT2D eigenvalue weighted by molar-refractivity contribution is 5.98. The zero-order chi connectivity index (χ0) is 33.7. The summed E-state index contributed by atoms with van der Waals surface area (Å²) in [6.07, 6.45) is 2.25. The summed E-state index contributed by atoms with van der Waals surface area (Å²) >= 11 is 0. The number of aliphatic imine (C=N–C) groups is 1. The van der Waals surface area contributed by atoms with Crippen molar-refractivity contribution < 1.29 is 0 Å². The SMILES string of the molecule is CC(C)(C)c1ccc2c(c1)C1(c3ccccc3-c3ccc(-c4cccc(N5CCCN6CCCN=C65)n4)cc31)c1cc(C(C)(C)C)ccc1-2. The molecule has 5 aromatic rings. The molecule has 3 heterocycles. The number of nitrogens with zero attached hydrogens (tertiary/aromatic N) is 4. The van der Waals surface area contributed by atoms with Crippen molar-refractivity contribution >= 4 is 11.8 Å². The van der Waals surface area contributed by atoms with Crippen molar-refractivity contribution in [1.29, 1.82) is 0 Å². The fourth-order valence-corrected chi connectivity index (χ4v) is 8.86. The van der Waals surface area contributed by atoms with E-state index < -0.39 is 5.41 Å². The molecule has 2 aliphatic carbocycles. The van der Waals surface area contributed by atoms with Crippen molar-refractivity contribution in [3.8, 4) is 33.5 Å². The Hall–Kier alpha value is -4.70. The number of rotatable bonds is 2. The van der Waals surface area contributed by atoms with Crippen molar-refractivity contribution in [3.63, 3.8) is 0 Å². The molecule has 246 valence electrons. The van der Waals surface area contributed by atoms with E-state index in [1.165, 1.54) is 55.6 Å². The Morgan fingerprint density at radius 3 is 1.88 bits per heavy atom. The van der Waals surface area contributed by atoms with Gasteiger partial charge in [-0.1, -0.05) is 120 Å². The zero-order valence-corrected chi connectivity index (χ0v) is 29.8. The molecule has 49 heavy (non-hydrogen) atoms. The van der Waals surface area contributed by atoms with Gasteiger partial charge in [-0.25, -0.2) is 4.98 Å². The van der Waals surface area contributed by atoms with Crippen LogP contribution >= 0.6 is 0 Å². The summed E-state index contributed by atoms with van der Waals surface area (Å²) in [6.45, 7) is 18.0. The van der Waals surface area contributed by atoms with E-state index in [0.29, 0.717) is 0 Å². The molecule has 1 saturated heterocycles. The minimum atomic E-state index is -0.420. The Kier molecular flexibility index (Phi) is 6.60.